The van der Waals surface area contributed by atoms with E-state index in [1.165, 1.54) is 24.1 Å². The minimum Gasteiger partial charge on any atom is -0.368 e. The van der Waals surface area contributed by atoms with Gasteiger partial charge in [-0.25, -0.2) is 0 Å². The van der Waals surface area contributed by atoms with E-state index >= 15 is 0 Å². The van der Waals surface area contributed by atoms with Crippen molar-refractivity contribution in [2.24, 2.45) is 5.92 Å². The van der Waals surface area contributed by atoms with Crippen LogP contribution < -0.4 is 10.2 Å². The topological polar surface area (TPSA) is 15.3 Å². The lowest BCUT2D eigenvalue weighted by Crippen LogP contribution is -2.52. The molecular weight excluding hydrogens is 232 g/mol. The molecule has 0 aromatic heterocycles. The van der Waals surface area contributed by atoms with Crippen molar-refractivity contribution in [3.63, 3.8) is 0 Å². The molecule has 0 amide bonds. The zero-order chi connectivity index (χ0) is 11.8. The van der Waals surface area contributed by atoms with E-state index in [0.29, 0.717) is 6.04 Å². The first-order valence-electron chi connectivity index (χ1n) is 6.48. The second kappa shape index (κ2) is 4.51. The third-order valence-electron chi connectivity index (χ3n) is 3.91. The van der Waals surface area contributed by atoms with Gasteiger partial charge < -0.3 is 10.2 Å². The highest BCUT2D eigenvalue weighted by Crippen LogP contribution is 2.35. The zero-order valence-electron chi connectivity index (χ0n) is 10.2. The summed E-state index contributed by atoms with van der Waals surface area (Å²) < 4.78 is 0. The zero-order valence-corrected chi connectivity index (χ0v) is 11.0. The second-order valence-electron chi connectivity index (χ2n) is 5.27. The number of benzene rings is 1. The van der Waals surface area contributed by atoms with Gasteiger partial charge in [-0.2, -0.15) is 0 Å². The van der Waals surface area contributed by atoms with E-state index in [1.807, 2.05) is 6.07 Å². The number of hydrogen-bond acceptors (Lipinski definition) is 2. The lowest BCUT2D eigenvalue weighted by molar-refractivity contribution is 0.418. The lowest BCUT2D eigenvalue weighted by atomic mass is 10.1. The molecule has 1 heterocycles. The molecule has 1 unspecified atom stereocenters. The summed E-state index contributed by atoms with van der Waals surface area (Å²) in [7, 11) is 0. The Morgan fingerprint density at radius 3 is 2.94 bits per heavy atom. The van der Waals surface area contributed by atoms with Crippen LogP contribution in [0, 0.1) is 12.8 Å². The first-order chi connectivity index (χ1) is 8.24. The first-order valence-corrected chi connectivity index (χ1v) is 6.86. The van der Waals surface area contributed by atoms with Crippen molar-refractivity contribution in [2.45, 2.75) is 25.8 Å². The summed E-state index contributed by atoms with van der Waals surface area (Å²) in [5.74, 6) is 0.914. The lowest BCUT2D eigenvalue weighted by Gasteiger charge is -2.36. The molecule has 1 aliphatic heterocycles. The number of halogens is 1. The predicted molar refractivity (Wildman–Crippen MR) is 72.9 cm³/mol. The monoisotopic (exact) mass is 250 g/mol. The Morgan fingerprint density at radius 2 is 2.18 bits per heavy atom. The fourth-order valence-electron chi connectivity index (χ4n) is 2.73. The van der Waals surface area contributed by atoms with Crippen LogP contribution in [0.25, 0.3) is 0 Å². The molecule has 0 radical (unpaired) electrons. The van der Waals surface area contributed by atoms with Gasteiger partial charge in [0.05, 0.1) is 0 Å². The van der Waals surface area contributed by atoms with Gasteiger partial charge in [-0.1, -0.05) is 17.7 Å². The molecule has 1 atom stereocenters. The smallest absolute Gasteiger partial charge is 0.0426 e. The maximum Gasteiger partial charge on any atom is 0.0426 e. The summed E-state index contributed by atoms with van der Waals surface area (Å²) in [4.78, 5) is 2.49. The minimum absolute atomic E-state index is 0.683. The maximum atomic E-state index is 6.11. The van der Waals surface area contributed by atoms with Crippen LogP contribution in [0.4, 0.5) is 5.69 Å². The fourth-order valence-corrected chi connectivity index (χ4v) is 2.90. The fraction of sp³-hybridized carbons (Fsp3) is 0.571. The molecule has 0 bridgehead atoms. The average Bonchev–Trinajstić information content (AvgIpc) is 3.17. The van der Waals surface area contributed by atoms with Crippen molar-refractivity contribution < 1.29 is 0 Å². The van der Waals surface area contributed by atoms with E-state index in [4.69, 9.17) is 11.6 Å². The largest absolute Gasteiger partial charge is 0.368 e. The van der Waals surface area contributed by atoms with Crippen molar-refractivity contribution in [1.82, 2.24) is 5.32 Å². The van der Waals surface area contributed by atoms with Crippen molar-refractivity contribution in [1.29, 1.82) is 0 Å². The highest BCUT2D eigenvalue weighted by atomic mass is 35.5. The molecule has 1 N–H and O–H groups in total. The van der Waals surface area contributed by atoms with E-state index in [-0.39, 0.29) is 0 Å². The van der Waals surface area contributed by atoms with Crippen LogP contribution in [0.15, 0.2) is 18.2 Å². The molecule has 1 aliphatic carbocycles. The summed E-state index contributed by atoms with van der Waals surface area (Å²) >= 11 is 6.11. The van der Waals surface area contributed by atoms with Crippen LogP contribution in [-0.2, 0) is 0 Å². The molecule has 2 nitrogen and oxygen atoms in total. The number of anilines is 1. The van der Waals surface area contributed by atoms with Crippen LogP contribution >= 0.6 is 11.6 Å². The molecular formula is C14H19ClN2. The Morgan fingerprint density at radius 1 is 1.35 bits per heavy atom. The number of piperazine rings is 1. The predicted octanol–water partition coefficient (Wildman–Crippen LogP) is 2.84. The van der Waals surface area contributed by atoms with Gasteiger partial charge in [-0.05, 0) is 43.4 Å². The number of rotatable bonds is 2. The van der Waals surface area contributed by atoms with Crippen LogP contribution in [0.1, 0.15) is 18.4 Å². The van der Waals surface area contributed by atoms with Crippen molar-refractivity contribution in [2.75, 3.05) is 24.5 Å². The number of nitrogens with zero attached hydrogens (tertiary/aromatic N) is 1. The van der Waals surface area contributed by atoms with Gasteiger partial charge in [0, 0.05) is 36.4 Å². The molecule has 1 saturated carbocycles. The van der Waals surface area contributed by atoms with E-state index in [9.17, 15) is 0 Å². The summed E-state index contributed by atoms with van der Waals surface area (Å²) in [5.41, 5.74) is 2.63. The molecule has 3 rings (SSSR count). The van der Waals surface area contributed by atoms with Gasteiger partial charge >= 0.3 is 0 Å². The SMILES string of the molecule is Cc1ccc(Cl)cc1N1CCNC(C2CC2)C1. The summed E-state index contributed by atoms with van der Waals surface area (Å²) in [6, 6.07) is 6.88. The maximum absolute atomic E-state index is 6.11. The van der Waals surface area contributed by atoms with E-state index in [1.54, 1.807) is 0 Å². The Hall–Kier alpha value is -0.730. The Bertz CT molecular complexity index is 415. The van der Waals surface area contributed by atoms with Crippen molar-refractivity contribution in [3.05, 3.63) is 28.8 Å². The average molecular weight is 251 g/mol. The van der Waals surface area contributed by atoms with Gasteiger partial charge in [0.2, 0.25) is 0 Å². The third-order valence-corrected chi connectivity index (χ3v) is 4.14. The molecule has 92 valence electrons. The highest BCUT2D eigenvalue weighted by Gasteiger charge is 2.34. The minimum atomic E-state index is 0.683. The quantitative estimate of drug-likeness (QED) is 0.869. The van der Waals surface area contributed by atoms with Gasteiger partial charge in [0.15, 0.2) is 0 Å². The van der Waals surface area contributed by atoms with Crippen molar-refractivity contribution in [3.8, 4) is 0 Å². The Kier molecular flexibility index (Phi) is 3.01. The Labute approximate surface area is 108 Å². The van der Waals surface area contributed by atoms with Gasteiger partial charge in [0.25, 0.3) is 0 Å². The number of nitrogens with one attached hydrogen (secondary N) is 1. The normalized spacial score (nSPS) is 25.1. The highest BCUT2D eigenvalue weighted by molar-refractivity contribution is 6.30. The summed E-state index contributed by atoms with van der Waals surface area (Å²) in [5, 5.41) is 4.48. The van der Waals surface area contributed by atoms with Crippen LogP contribution in [0.2, 0.25) is 5.02 Å². The molecule has 1 aromatic rings. The Balaban J connectivity index is 1.79. The van der Waals surface area contributed by atoms with E-state index in [2.05, 4.69) is 29.3 Å². The van der Waals surface area contributed by atoms with Crippen LogP contribution in [0.5, 0.6) is 0 Å². The number of aryl methyl sites for hydroxylation is 1. The van der Waals surface area contributed by atoms with Gasteiger partial charge in [-0.15, -0.1) is 0 Å². The summed E-state index contributed by atoms with van der Waals surface area (Å²) in [6.45, 7) is 5.48. The van der Waals surface area contributed by atoms with Crippen molar-refractivity contribution >= 4 is 17.3 Å². The number of hydrogen-bond donors (Lipinski definition) is 1. The molecule has 2 fully saturated rings. The van der Waals surface area contributed by atoms with Crippen LogP contribution in [0.3, 0.4) is 0 Å². The first kappa shape index (κ1) is 11.4. The summed E-state index contributed by atoms with van der Waals surface area (Å²) in [6.07, 6.45) is 2.81. The molecule has 0 spiro atoms. The van der Waals surface area contributed by atoms with Gasteiger partial charge in [0.1, 0.15) is 0 Å². The van der Waals surface area contributed by atoms with E-state index < -0.39 is 0 Å². The van der Waals surface area contributed by atoms with Gasteiger partial charge in [-0.3, -0.25) is 0 Å². The molecule has 17 heavy (non-hydrogen) atoms. The second-order valence-corrected chi connectivity index (χ2v) is 5.71. The molecule has 1 saturated heterocycles. The third kappa shape index (κ3) is 2.43. The molecule has 3 heteroatoms. The molecule has 1 aromatic carbocycles. The van der Waals surface area contributed by atoms with Crippen LogP contribution in [-0.4, -0.2) is 25.7 Å². The molecule has 2 aliphatic rings. The van der Waals surface area contributed by atoms with E-state index in [0.717, 1.165) is 30.6 Å². The standard InChI is InChI=1S/C14H19ClN2/c1-10-2-5-12(15)8-14(10)17-7-6-16-13(9-17)11-3-4-11/h2,5,8,11,13,16H,3-4,6-7,9H2,1H3.